The zero-order chi connectivity index (χ0) is 14.8. The molecule has 0 spiro atoms. The molecule has 106 valence electrons. The van der Waals surface area contributed by atoms with Crippen LogP contribution in [-0.4, -0.2) is 28.6 Å². The number of azo groups is 1. The maximum absolute atomic E-state index is 9.98. The van der Waals surface area contributed by atoms with E-state index in [2.05, 4.69) is 19.6 Å². The fourth-order valence-electron chi connectivity index (χ4n) is 1.82. The third-order valence-electron chi connectivity index (χ3n) is 2.96. The number of pyridine rings is 1. The van der Waals surface area contributed by atoms with Gasteiger partial charge in [0.2, 0.25) is 0 Å². The number of phenolic OH excluding ortho intramolecular Hbond substituents is 1. The minimum atomic E-state index is 0.0943. The van der Waals surface area contributed by atoms with Crippen molar-refractivity contribution in [2.24, 2.45) is 10.2 Å². The summed E-state index contributed by atoms with van der Waals surface area (Å²) in [6.45, 7) is 0. The molecule has 3 aromatic rings. The molecule has 2 heterocycles. The van der Waals surface area contributed by atoms with Crippen molar-refractivity contribution in [1.29, 1.82) is 0 Å². The van der Waals surface area contributed by atoms with Gasteiger partial charge in [-0.15, -0.1) is 10.2 Å². The number of anilines is 1. The summed E-state index contributed by atoms with van der Waals surface area (Å²) >= 11 is 1.23. The van der Waals surface area contributed by atoms with Crippen LogP contribution in [0.4, 0.5) is 16.4 Å². The van der Waals surface area contributed by atoms with Crippen LogP contribution in [0.15, 0.2) is 46.8 Å². The number of benzene rings is 1. The van der Waals surface area contributed by atoms with E-state index >= 15 is 0 Å². The summed E-state index contributed by atoms with van der Waals surface area (Å²) in [5, 5.41) is 19.8. The van der Waals surface area contributed by atoms with Crippen LogP contribution in [0, 0.1) is 0 Å². The average molecular weight is 299 g/mol. The topological polar surface area (TPSA) is 74.0 Å². The number of hydrogen-bond acceptors (Lipinski definition) is 7. The van der Waals surface area contributed by atoms with Gasteiger partial charge in [-0.05, 0) is 35.8 Å². The molecule has 0 saturated heterocycles. The van der Waals surface area contributed by atoms with Crippen LogP contribution in [0.25, 0.3) is 11.0 Å². The Balaban J connectivity index is 1.92. The van der Waals surface area contributed by atoms with Gasteiger partial charge in [0, 0.05) is 32.0 Å². The first-order valence-corrected chi connectivity index (χ1v) is 7.05. The first kappa shape index (κ1) is 13.4. The second-order valence-corrected chi connectivity index (χ2v) is 5.38. The highest BCUT2D eigenvalue weighted by Gasteiger charge is 2.07. The molecule has 0 aliphatic heterocycles. The summed E-state index contributed by atoms with van der Waals surface area (Å²) < 4.78 is 4.20. The van der Waals surface area contributed by atoms with E-state index in [9.17, 15) is 5.11 Å². The molecule has 0 amide bonds. The van der Waals surface area contributed by atoms with Crippen molar-refractivity contribution in [3.63, 3.8) is 0 Å². The second kappa shape index (κ2) is 5.45. The van der Waals surface area contributed by atoms with E-state index in [1.54, 1.807) is 18.3 Å². The van der Waals surface area contributed by atoms with Crippen LogP contribution >= 0.6 is 11.5 Å². The molecular formula is C14H13N5OS. The highest BCUT2D eigenvalue weighted by Crippen LogP contribution is 2.34. The zero-order valence-electron chi connectivity index (χ0n) is 11.6. The van der Waals surface area contributed by atoms with Gasteiger partial charge in [-0.3, -0.25) is 0 Å². The van der Waals surface area contributed by atoms with E-state index in [0.29, 0.717) is 16.3 Å². The number of fused-ring (bicyclic) bond motifs is 1. The molecule has 1 aromatic carbocycles. The van der Waals surface area contributed by atoms with Crippen molar-refractivity contribution < 1.29 is 5.11 Å². The van der Waals surface area contributed by atoms with Crippen LogP contribution in [0.5, 0.6) is 5.75 Å². The average Bonchev–Trinajstić information content (AvgIpc) is 2.89. The van der Waals surface area contributed by atoms with E-state index in [0.717, 1.165) is 11.1 Å². The first-order chi connectivity index (χ1) is 10.1. The van der Waals surface area contributed by atoms with Crippen LogP contribution in [0.2, 0.25) is 0 Å². The largest absolute Gasteiger partial charge is 0.506 e. The van der Waals surface area contributed by atoms with Gasteiger partial charge in [0.15, 0.2) is 10.6 Å². The van der Waals surface area contributed by atoms with E-state index < -0.39 is 0 Å². The Morgan fingerprint density at radius 1 is 1.19 bits per heavy atom. The Hall–Kier alpha value is -2.54. The second-order valence-electron chi connectivity index (χ2n) is 4.63. The number of rotatable bonds is 3. The quantitative estimate of drug-likeness (QED) is 0.745. The predicted octanol–water partition coefficient (Wildman–Crippen LogP) is 3.88. The van der Waals surface area contributed by atoms with Crippen LogP contribution in [0.1, 0.15) is 0 Å². The molecule has 0 unspecified atom stereocenters. The lowest BCUT2D eigenvalue weighted by Crippen LogP contribution is -2.07. The molecule has 3 rings (SSSR count). The number of phenols is 1. The molecule has 0 aliphatic carbocycles. The van der Waals surface area contributed by atoms with Crippen molar-refractivity contribution in [3.05, 3.63) is 36.5 Å². The lowest BCUT2D eigenvalue weighted by molar-refractivity contribution is 0.476. The SMILES string of the molecule is CN(C)c1ccc(/N=N/c2snc3ncccc23)c(O)c1. The number of aromatic hydroxyl groups is 1. The Bertz CT molecular complexity index is 812. The first-order valence-electron chi connectivity index (χ1n) is 6.27. The summed E-state index contributed by atoms with van der Waals surface area (Å²) in [7, 11) is 3.82. The summed E-state index contributed by atoms with van der Waals surface area (Å²) in [5.74, 6) is 0.0943. The van der Waals surface area contributed by atoms with Crippen molar-refractivity contribution in [2.75, 3.05) is 19.0 Å². The molecule has 0 bridgehead atoms. The van der Waals surface area contributed by atoms with Gasteiger partial charge < -0.3 is 10.0 Å². The highest BCUT2D eigenvalue weighted by molar-refractivity contribution is 7.11. The molecule has 6 nitrogen and oxygen atoms in total. The lowest BCUT2D eigenvalue weighted by Gasteiger charge is -2.12. The smallest absolute Gasteiger partial charge is 0.175 e. The maximum Gasteiger partial charge on any atom is 0.175 e. The standard InChI is InChI=1S/C14H13N5OS/c1-19(2)9-5-6-11(12(20)8-9)16-17-14-10-4-3-7-15-13(10)18-21-14/h3-8,20H,1-2H3/b17-16+. The summed E-state index contributed by atoms with van der Waals surface area (Å²) in [6.07, 6.45) is 1.69. The van der Waals surface area contributed by atoms with Crippen LogP contribution in [0.3, 0.4) is 0 Å². The maximum atomic E-state index is 9.98. The van der Waals surface area contributed by atoms with Crippen molar-refractivity contribution in [3.8, 4) is 5.75 Å². The van der Waals surface area contributed by atoms with Crippen molar-refractivity contribution in [2.45, 2.75) is 0 Å². The minimum Gasteiger partial charge on any atom is -0.506 e. The fourth-order valence-corrected chi connectivity index (χ4v) is 2.47. The van der Waals surface area contributed by atoms with Gasteiger partial charge >= 0.3 is 0 Å². The fraction of sp³-hybridized carbons (Fsp3) is 0.143. The van der Waals surface area contributed by atoms with E-state index in [1.165, 1.54) is 11.5 Å². The molecule has 21 heavy (non-hydrogen) atoms. The van der Waals surface area contributed by atoms with Crippen LogP contribution in [-0.2, 0) is 0 Å². The normalized spacial score (nSPS) is 11.3. The number of hydrogen-bond donors (Lipinski definition) is 1. The molecule has 0 atom stereocenters. The van der Waals surface area contributed by atoms with Gasteiger partial charge in [0.1, 0.15) is 11.4 Å². The van der Waals surface area contributed by atoms with Gasteiger partial charge in [0.05, 0.1) is 5.39 Å². The summed E-state index contributed by atoms with van der Waals surface area (Å²) in [5.41, 5.74) is 1.98. The molecule has 0 saturated carbocycles. The van der Waals surface area contributed by atoms with Gasteiger partial charge in [-0.2, -0.15) is 4.37 Å². The molecular weight excluding hydrogens is 286 g/mol. The van der Waals surface area contributed by atoms with Crippen LogP contribution < -0.4 is 4.90 Å². The molecule has 1 N–H and O–H groups in total. The zero-order valence-corrected chi connectivity index (χ0v) is 12.4. The molecule has 2 aromatic heterocycles. The summed E-state index contributed by atoms with van der Waals surface area (Å²) in [4.78, 5) is 6.05. The van der Waals surface area contributed by atoms with E-state index in [-0.39, 0.29) is 5.75 Å². The van der Waals surface area contributed by atoms with Gasteiger partial charge in [-0.25, -0.2) is 4.98 Å². The minimum absolute atomic E-state index is 0.0943. The molecule has 0 aliphatic rings. The number of nitrogens with zero attached hydrogens (tertiary/aromatic N) is 5. The van der Waals surface area contributed by atoms with Gasteiger partial charge in [-0.1, -0.05) is 0 Å². The third kappa shape index (κ3) is 2.68. The third-order valence-corrected chi connectivity index (χ3v) is 3.70. The number of aromatic nitrogens is 2. The molecule has 0 radical (unpaired) electrons. The lowest BCUT2D eigenvalue weighted by atomic mass is 10.2. The van der Waals surface area contributed by atoms with Crippen molar-refractivity contribution >= 4 is 38.9 Å². The summed E-state index contributed by atoms with van der Waals surface area (Å²) in [6, 6.07) is 8.99. The van der Waals surface area contributed by atoms with Crippen molar-refractivity contribution in [1.82, 2.24) is 9.36 Å². The van der Waals surface area contributed by atoms with Gasteiger partial charge in [0.25, 0.3) is 0 Å². The Kier molecular flexibility index (Phi) is 3.49. The Morgan fingerprint density at radius 2 is 2.05 bits per heavy atom. The monoisotopic (exact) mass is 299 g/mol. The van der Waals surface area contributed by atoms with E-state index in [4.69, 9.17) is 0 Å². The molecule has 0 fully saturated rings. The highest BCUT2D eigenvalue weighted by atomic mass is 32.1. The Morgan fingerprint density at radius 3 is 2.81 bits per heavy atom. The Labute approximate surface area is 125 Å². The molecule has 7 heteroatoms. The van der Waals surface area contributed by atoms with E-state index in [1.807, 2.05) is 37.2 Å². The predicted molar refractivity (Wildman–Crippen MR) is 84.0 cm³/mol.